The van der Waals surface area contributed by atoms with Crippen LogP contribution >= 0.6 is 11.3 Å². The summed E-state index contributed by atoms with van der Waals surface area (Å²) in [6, 6.07) is 2.01. The van der Waals surface area contributed by atoms with Crippen LogP contribution in [0.2, 0.25) is 0 Å². The van der Waals surface area contributed by atoms with Crippen molar-refractivity contribution in [2.75, 3.05) is 0 Å². The maximum atomic E-state index is 10.3. The van der Waals surface area contributed by atoms with Gasteiger partial charge in [-0.05, 0) is 30.4 Å². The van der Waals surface area contributed by atoms with Crippen molar-refractivity contribution in [3.63, 3.8) is 0 Å². The molecular weight excluding hydrogens is 222 g/mol. The summed E-state index contributed by atoms with van der Waals surface area (Å²) in [6.07, 6.45) is 2.01. The number of hydrogen-bond acceptors (Lipinski definition) is 4. The first kappa shape index (κ1) is 11.3. The van der Waals surface area contributed by atoms with Gasteiger partial charge in [-0.1, -0.05) is 12.1 Å². The molecule has 1 unspecified atom stereocenters. The molecular formula is C11H15N3OS. The predicted octanol–water partition coefficient (Wildman–Crippen LogP) is 2.14. The van der Waals surface area contributed by atoms with Crippen LogP contribution in [0.1, 0.15) is 35.6 Å². The van der Waals surface area contributed by atoms with E-state index in [0.717, 1.165) is 29.1 Å². The Balaban J connectivity index is 2.30. The second kappa shape index (κ2) is 4.76. The van der Waals surface area contributed by atoms with Crippen LogP contribution in [0.15, 0.2) is 17.6 Å². The third kappa shape index (κ3) is 2.01. The normalized spacial score (nSPS) is 12.9. The minimum atomic E-state index is -0.610. The van der Waals surface area contributed by atoms with Crippen LogP contribution in [-0.4, -0.2) is 20.1 Å². The van der Waals surface area contributed by atoms with Gasteiger partial charge in [-0.25, -0.2) is 4.68 Å². The Labute approximate surface area is 98.5 Å². The van der Waals surface area contributed by atoms with E-state index in [-0.39, 0.29) is 0 Å². The molecule has 2 aromatic heterocycles. The molecule has 2 rings (SSSR count). The lowest BCUT2D eigenvalue weighted by molar-refractivity contribution is 0.210. The fourth-order valence-corrected chi connectivity index (χ4v) is 2.58. The maximum Gasteiger partial charge on any atom is 0.132 e. The third-order valence-corrected chi connectivity index (χ3v) is 3.58. The number of nitrogens with zero attached hydrogens (tertiary/aromatic N) is 3. The molecule has 16 heavy (non-hydrogen) atoms. The summed E-state index contributed by atoms with van der Waals surface area (Å²) in [5, 5.41) is 20.1. The molecule has 2 heterocycles. The van der Waals surface area contributed by atoms with Crippen LogP contribution in [0.4, 0.5) is 0 Å². The first-order valence-electron chi connectivity index (χ1n) is 5.34. The van der Waals surface area contributed by atoms with E-state index < -0.39 is 6.10 Å². The Morgan fingerprint density at radius 1 is 1.56 bits per heavy atom. The SMILES string of the molecule is CCCn1nncc1C(O)c1sccc1C. The molecule has 0 aliphatic rings. The molecule has 0 saturated carbocycles. The molecule has 0 fully saturated rings. The van der Waals surface area contributed by atoms with Gasteiger partial charge in [0.15, 0.2) is 0 Å². The molecule has 2 aromatic rings. The highest BCUT2D eigenvalue weighted by atomic mass is 32.1. The van der Waals surface area contributed by atoms with Gasteiger partial charge in [0.05, 0.1) is 11.9 Å². The lowest BCUT2D eigenvalue weighted by Crippen LogP contribution is -2.09. The van der Waals surface area contributed by atoms with Crippen molar-refractivity contribution < 1.29 is 5.11 Å². The highest BCUT2D eigenvalue weighted by Gasteiger charge is 2.18. The smallest absolute Gasteiger partial charge is 0.132 e. The molecule has 5 heteroatoms. The van der Waals surface area contributed by atoms with Crippen molar-refractivity contribution in [2.45, 2.75) is 32.9 Å². The average molecular weight is 237 g/mol. The summed E-state index contributed by atoms with van der Waals surface area (Å²) in [6.45, 7) is 4.87. The second-order valence-corrected chi connectivity index (χ2v) is 4.70. The quantitative estimate of drug-likeness (QED) is 0.886. The van der Waals surface area contributed by atoms with Crippen molar-refractivity contribution in [3.05, 3.63) is 33.8 Å². The molecule has 0 aliphatic carbocycles. The highest BCUT2D eigenvalue weighted by molar-refractivity contribution is 7.10. The summed E-state index contributed by atoms with van der Waals surface area (Å²) < 4.78 is 1.77. The van der Waals surface area contributed by atoms with Crippen LogP contribution in [0.25, 0.3) is 0 Å². The van der Waals surface area contributed by atoms with E-state index in [1.807, 2.05) is 18.4 Å². The number of aliphatic hydroxyl groups excluding tert-OH is 1. The van der Waals surface area contributed by atoms with Gasteiger partial charge in [0.25, 0.3) is 0 Å². The van der Waals surface area contributed by atoms with E-state index in [1.54, 1.807) is 22.2 Å². The van der Waals surface area contributed by atoms with Crippen molar-refractivity contribution >= 4 is 11.3 Å². The molecule has 1 atom stereocenters. The molecule has 0 radical (unpaired) electrons. The summed E-state index contributed by atoms with van der Waals surface area (Å²) in [5.74, 6) is 0. The number of aromatic nitrogens is 3. The number of aryl methyl sites for hydroxylation is 2. The summed E-state index contributed by atoms with van der Waals surface area (Å²) >= 11 is 1.56. The lowest BCUT2D eigenvalue weighted by atomic mass is 10.1. The molecule has 1 N–H and O–H groups in total. The zero-order valence-corrected chi connectivity index (χ0v) is 10.2. The predicted molar refractivity (Wildman–Crippen MR) is 63.4 cm³/mol. The largest absolute Gasteiger partial charge is 0.381 e. The topological polar surface area (TPSA) is 50.9 Å². The first-order valence-corrected chi connectivity index (χ1v) is 6.22. The van der Waals surface area contributed by atoms with Gasteiger partial charge in [0.2, 0.25) is 0 Å². The van der Waals surface area contributed by atoms with Crippen molar-refractivity contribution in [1.29, 1.82) is 0 Å². The van der Waals surface area contributed by atoms with Crippen LogP contribution < -0.4 is 0 Å². The van der Waals surface area contributed by atoms with E-state index in [9.17, 15) is 5.11 Å². The molecule has 0 aromatic carbocycles. The molecule has 0 spiro atoms. The Morgan fingerprint density at radius 3 is 3.00 bits per heavy atom. The van der Waals surface area contributed by atoms with E-state index >= 15 is 0 Å². The van der Waals surface area contributed by atoms with Gasteiger partial charge < -0.3 is 5.11 Å². The zero-order valence-electron chi connectivity index (χ0n) is 9.42. The van der Waals surface area contributed by atoms with Gasteiger partial charge in [-0.15, -0.1) is 16.4 Å². The third-order valence-electron chi connectivity index (χ3n) is 2.51. The van der Waals surface area contributed by atoms with Gasteiger partial charge in [0, 0.05) is 11.4 Å². The standard InChI is InChI=1S/C11H15N3OS/c1-3-5-14-9(7-12-13-14)10(15)11-8(2)4-6-16-11/h4,6-7,10,15H,3,5H2,1-2H3. The Bertz CT molecular complexity index is 463. The maximum absolute atomic E-state index is 10.3. The fraction of sp³-hybridized carbons (Fsp3) is 0.455. The van der Waals surface area contributed by atoms with Crippen LogP contribution in [0, 0.1) is 6.92 Å². The van der Waals surface area contributed by atoms with Gasteiger partial charge in [-0.3, -0.25) is 0 Å². The Hall–Kier alpha value is -1.20. The Morgan fingerprint density at radius 2 is 2.38 bits per heavy atom. The van der Waals surface area contributed by atoms with E-state index in [2.05, 4.69) is 17.2 Å². The molecule has 0 bridgehead atoms. The van der Waals surface area contributed by atoms with Crippen LogP contribution in [0.5, 0.6) is 0 Å². The number of thiophene rings is 1. The molecule has 0 amide bonds. The number of rotatable bonds is 4. The van der Waals surface area contributed by atoms with Gasteiger partial charge in [0.1, 0.15) is 6.10 Å². The fourth-order valence-electron chi connectivity index (χ4n) is 1.66. The van der Waals surface area contributed by atoms with Crippen molar-refractivity contribution in [2.24, 2.45) is 0 Å². The summed E-state index contributed by atoms with van der Waals surface area (Å²) in [7, 11) is 0. The molecule has 86 valence electrons. The van der Waals surface area contributed by atoms with Crippen molar-refractivity contribution in [3.8, 4) is 0 Å². The minimum absolute atomic E-state index is 0.610. The van der Waals surface area contributed by atoms with Gasteiger partial charge in [-0.2, -0.15) is 0 Å². The molecule has 0 saturated heterocycles. The summed E-state index contributed by atoms with van der Waals surface area (Å²) in [5.41, 5.74) is 1.88. The van der Waals surface area contributed by atoms with E-state index in [4.69, 9.17) is 0 Å². The van der Waals surface area contributed by atoms with Crippen LogP contribution in [0.3, 0.4) is 0 Å². The number of hydrogen-bond donors (Lipinski definition) is 1. The number of aliphatic hydroxyl groups is 1. The molecule has 0 aliphatic heterocycles. The van der Waals surface area contributed by atoms with Crippen molar-refractivity contribution in [1.82, 2.24) is 15.0 Å². The summed E-state index contributed by atoms with van der Waals surface area (Å²) in [4.78, 5) is 0.972. The zero-order chi connectivity index (χ0) is 11.5. The monoisotopic (exact) mass is 237 g/mol. The molecule has 4 nitrogen and oxygen atoms in total. The second-order valence-electron chi connectivity index (χ2n) is 3.75. The first-order chi connectivity index (χ1) is 7.74. The Kier molecular flexibility index (Phi) is 3.36. The van der Waals surface area contributed by atoms with Gasteiger partial charge >= 0.3 is 0 Å². The van der Waals surface area contributed by atoms with Crippen LogP contribution in [-0.2, 0) is 6.54 Å². The van der Waals surface area contributed by atoms with E-state index in [1.165, 1.54) is 0 Å². The lowest BCUT2D eigenvalue weighted by Gasteiger charge is -2.11. The average Bonchev–Trinajstić information content (AvgIpc) is 2.87. The van der Waals surface area contributed by atoms with E-state index in [0.29, 0.717) is 0 Å². The minimum Gasteiger partial charge on any atom is -0.381 e. The highest BCUT2D eigenvalue weighted by Crippen LogP contribution is 2.28.